The molecule has 170 valence electrons. The molecule has 1 fully saturated rings. The van der Waals surface area contributed by atoms with E-state index < -0.39 is 0 Å². The highest BCUT2D eigenvalue weighted by Crippen LogP contribution is 2.69. The minimum atomic E-state index is 0.214. The molecule has 0 saturated heterocycles. The van der Waals surface area contributed by atoms with Crippen LogP contribution in [0.3, 0.4) is 0 Å². The van der Waals surface area contributed by atoms with Crippen LogP contribution in [0.2, 0.25) is 0 Å². The van der Waals surface area contributed by atoms with Crippen molar-refractivity contribution in [3.05, 3.63) is 47.5 Å². The maximum Gasteiger partial charge on any atom is 0.210 e. The number of imidazole rings is 2. The van der Waals surface area contributed by atoms with E-state index in [-0.39, 0.29) is 10.8 Å². The second-order valence-electron chi connectivity index (χ2n) is 10.5. The van der Waals surface area contributed by atoms with E-state index in [0.29, 0.717) is 0 Å². The molecule has 0 amide bonds. The van der Waals surface area contributed by atoms with Gasteiger partial charge in [-0.3, -0.25) is 9.97 Å². The van der Waals surface area contributed by atoms with Gasteiger partial charge in [0.05, 0.1) is 0 Å². The summed E-state index contributed by atoms with van der Waals surface area (Å²) in [5, 5.41) is 0. The summed E-state index contributed by atoms with van der Waals surface area (Å²) in [5.41, 5.74) is 8.47. The monoisotopic (exact) mass is 526 g/mol. The summed E-state index contributed by atoms with van der Waals surface area (Å²) in [7, 11) is 0. The first-order valence-corrected chi connectivity index (χ1v) is 15.2. The van der Waals surface area contributed by atoms with Crippen molar-refractivity contribution in [2.45, 2.75) is 63.2 Å². The summed E-state index contributed by atoms with van der Waals surface area (Å²) in [6, 6.07) is 14.1. The minimum absolute atomic E-state index is 0.214. The Labute approximate surface area is 246 Å². The SMILES string of the molecule is CCCC12CCC1(CCC)c1ccc(-c3n[c]([Al])[c]([Al])[nH]3)cc1-c1cc(-c3n[c]([Al])[c]([Al])[nH]3)ccc12. The molecule has 36 heavy (non-hydrogen) atoms. The van der Waals surface area contributed by atoms with Crippen LogP contribution in [-0.4, -0.2) is 85.1 Å². The van der Waals surface area contributed by atoms with Crippen LogP contribution in [0, 0.1) is 0 Å². The van der Waals surface area contributed by atoms with Gasteiger partial charge in [-0.15, -0.1) is 0 Å². The van der Waals surface area contributed by atoms with Crippen molar-refractivity contribution < 1.29 is 0 Å². The number of nitrogens with zero attached hydrogens (tertiary/aromatic N) is 2. The molecule has 0 aliphatic heterocycles. The molecule has 2 aliphatic rings. The summed E-state index contributed by atoms with van der Waals surface area (Å²) in [4.78, 5) is 16.4. The standard InChI is InChI=1S/C28H26N4.4Al/c1-3-9-27-11-12-28(27,10-4-2)24-8-6-20(26-31-15-16-32-26)18-22(24)21-17-19(5-7-23(21)27)25-29-13-14-30-25;;;;/h5-8,17-18H,3-4,9-12H2,1-2H3,(H,29,30)(H,31,32);;;;. The fraction of sp³-hybridized carbons (Fsp3) is 0.357. The van der Waals surface area contributed by atoms with Gasteiger partial charge in [-0.05, 0) is 60.1 Å². The van der Waals surface area contributed by atoms with Crippen LogP contribution in [-0.2, 0) is 10.8 Å². The number of hydrogen-bond donors (Lipinski definition) is 2. The van der Waals surface area contributed by atoms with Crippen LogP contribution in [0.25, 0.3) is 33.9 Å². The molecule has 0 spiro atoms. The largest absolute Gasteiger partial charge is 0.362 e. The first-order valence-electron chi connectivity index (χ1n) is 12.9. The van der Waals surface area contributed by atoms with E-state index in [1.165, 1.54) is 60.8 Å². The van der Waals surface area contributed by atoms with E-state index in [1.54, 1.807) is 0 Å². The van der Waals surface area contributed by atoms with E-state index in [2.05, 4.69) is 125 Å². The molecule has 0 bridgehead atoms. The number of aromatic nitrogens is 4. The molecule has 2 aliphatic carbocycles. The van der Waals surface area contributed by atoms with Crippen molar-refractivity contribution >= 4 is 83.4 Å². The van der Waals surface area contributed by atoms with Crippen LogP contribution in [0.1, 0.15) is 63.5 Å². The molecule has 2 aromatic heterocycles. The third kappa shape index (κ3) is 3.59. The van der Waals surface area contributed by atoms with Crippen molar-refractivity contribution in [3.8, 4) is 33.9 Å². The Morgan fingerprint density at radius 3 is 1.42 bits per heavy atom. The highest BCUT2D eigenvalue weighted by atomic mass is 27.1. The van der Waals surface area contributed by atoms with E-state index in [4.69, 9.17) is 9.97 Å². The van der Waals surface area contributed by atoms with Crippen molar-refractivity contribution in [1.82, 2.24) is 19.9 Å². The topological polar surface area (TPSA) is 57.4 Å². The van der Waals surface area contributed by atoms with Gasteiger partial charge < -0.3 is 9.97 Å². The predicted octanol–water partition coefficient (Wildman–Crippen LogP) is 2.19. The molecular formula is C28H26Al4N4. The highest BCUT2D eigenvalue weighted by molar-refractivity contribution is 6.47. The summed E-state index contributed by atoms with van der Waals surface area (Å²) in [6.45, 7) is 4.69. The normalized spacial score (nSPS) is 21.9. The zero-order chi connectivity index (χ0) is 25.2. The highest BCUT2D eigenvalue weighted by Gasteiger charge is 2.62. The van der Waals surface area contributed by atoms with Crippen molar-refractivity contribution in [3.63, 3.8) is 0 Å². The van der Waals surface area contributed by atoms with E-state index >= 15 is 0 Å². The molecule has 2 heterocycles. The summed E-state index contributed by atoms with van der Waals surface area (Å²) < 4.78 is 3.91. The molecule has 2 unspecified atom stereocenters. The van der Waals surface area contributed by atoms with Gasteiger partial charge in [-0.25, -0.2) is 0 Å². The maximum atomic E-state index is 4.77. The molecular weight excluding hydrogens is 500 g/mol. The fourth-order valence-corrected chi connectivity index (χ4v) is 7.91. The van der Waals surface area contributed by atoms with Crippen LogP contribution >= 0.6 is 0 Å². The molecule has 6 rings (SSSR count). The summed E-state index contributed by atoms with van der Waals surface area (Å²) in [5.74, 6) is 1.83. The second kappa shape index (κ2) is 9.32. The molecule has 8 radical (unpaired) electrons. The quantitative estimate of drug-likeness (QED) is 0.379. The molecule has 2 N–H and O–H groups in total. The Morgan fingerprint density at radius 1 is 0.694 bits per heavy atom. The summed E-state index contributed by atoms with van der Waals surface area (Å²) >= 11 is 10.9. The van der Waals surface area contributed by atoms with Crippen molar-refractivity contribution in [2.75, 3.05) is 0 Å². The lowest BCUT2D eigenvalue weighted by Crippen LogP contribution is -2.59. The number of fused-ring (bicyclic) bond motifs is 6. The van der Waals surface area contributed by atoms with Gasteiger partial charge in [0.2, 0.25) is 65.2 Å². The molecule has 1 saturated carbocycles. The van der Waals surface area contributed by atoms with Crippen molar-refractivity contribution in [2.24, 2.45) is 0 Å². The van der Waals surface area contributed by atoms with Gasteiger partial charge in [0, 0.05) is 22.0 Å². The van der Waals surface area contributed by atoms with E-state index in [9.17, 15) is 0 Å². The van der Waals surface area contributed by atoms with Gasteiger partial charge >= 0.3 is 0 Å². The molecule has 8 heteroatoms. The third-order valence-electron chi connectivity index (χ3n) is 8.68. The fourth-order valence-electron chi connectivity index (χ4n) is 7.10. The van der Waals surface area contributed by atoms with Crippen molar-refractivity contribution in [1.29, 1.82) is 0 Å². The zero-order valence-corrected chi connectivity index (χ0v) is 25.5. The molecule has 4 aromatic rings. The van der Waals surface area contributed by atoms with Crippen LogP contribution in [0.5, 0.6) is 0 Å². The minimum Gasteiger partial charge on any atom is -0.362 e. The smallest absolute Gasteiger partial charge is 0.210 e. The van der Waals surface area contributed by atoms with E-state index in [0.717, 1.165) is 41.0 Å². The Bertz CT molecular complexity index is 1340. The third-order valence-corrected chi connectivity index (χ3v) is 11.1. The van der Waals surface area contributed by atoms with Gasteiger partial charge in [0.1, 0.15) is 11.6 Å². The van der Waals surface area contributed by atoms with E-state index in [1.807, 2.05) is 0 Å². The number of hydrogen-bond acceptors (Lipinski definition) is 2. The Balaban J connectivity index is 1.61. The van der Waals surface area contributed by atoms with Crippen LogP contribution in [0.15, 0.2) is 36.4 Å². The van der Waals surface area contributed by atoms with Crippen LogP contribution in [0.4, 0.5) is 0 Å². The number of rotatable bonds is 6. The second-order valence-corrected chi connectivity index (χ2v) is 12.7. The summed E-state index contributed by atoms with van der Waals surface area (Å²) in [6.07, 6.45) is 7.41. The Hall–Kier alpha value is -1.01. The number of aromatic amines is 2. The average molecular weight is 526 g/mol. The lowest BCUT2D eigenvalue weighted by molar-refractivity contribution is 0.0485. The number of nitrogens with one attached hydrogen (secondary N) is 2. The Kier molecular flexibility index (Phi) is 6.55. The average Bonchev–Trinajstić information content (AvgIpc) is 3.39. The van der Waals surface area contributed by atoms with Gasteiger partial charge in [0.25, 0.3) is 0 Å². The number of H-pyrrole nitrogens is 2. The first-order chi connectivity index (χ1) is 17.3. The number of benzene rings is 2. The lowest BCUT2D eigenvalue weighted by atomic mass is 9.39. The zero-order valence-electron chi connectivity index (χ0n) is 20.9. The Morgan fingerprint density at radius 2 is 1.11 bits per heavy atom. The molecule has 4 nitrogen and oxygen atoms in total. The predicted molar refractivity (Wildman–Crippen MR) is 151 cm³/mol. The first kappa shape index (κ1) is 25.3. The lowest BCUT2D eigenvalue weighted by Gasteiger charge is -2.64. The van der Waals surface area contributed by atoms with Gasteiger partial charge in [-0.1, -0.05) is 69.2 Å². The van der Waals surface area contributed by atoms with Gasteiger partial charge in [-0.2, -0.15) is 0 Å². The van der Waals surface area contributed by atoms with Gasteiger partial charge in [0.15, 0.2) is 0 Å². The molecule has 2 atom stereocenters. The maximum absolute atomic E-state index is 4.77. The van der Waals surface area contributed by atoms with Crippen LogP contribution < -0.4 is 18.2 Å². The molecule has 2 aromatic carbocycles.